The molecule has 0 aromatic heterocycles. The largest absolute Gasteiger partial charge is 0.369 e. The van der Waals surface area contributed by atoms with Gasteiger partial charge in [0.1, 0.15) is 5.82 Å². The first-order valence-corrected chi connectivity index (χ1v) is 7.19. The van der Waals surface area contributed by atoms with Gasteiger partial charge in [-0.1, -0.05) is 6.92 Å². The number of hydrogen-bond donors (Lipinski definition) is 2. The van der Waals surface area contributed by atoms with Gasteiger partial charge in [-0.05, 0) is 44.0 Å². The first-order valence-electron chi connectivity index (χ1n) is 7.19. The molecule has 1 amide bonds. The zero-order chi connectivity index (χ0) is 14.5. The minimum Gasteiger partial charge on any atom is -0.369 e. The summed E-state index contributed by atoms with van der Waals surface area (Å²) in [6.45, 7) is 4.77. The molecule has 0 aliphatic carbocycles. The Hall–Kier alpha value is -1.62. The van der Waals surface area contributed by atoms with Crippen LogP contribution in [0.5, 0.6) is 0 Å². The van der Waals surface area contributed by atoms with Crippen LogP contribution in [0.25, 0.3) is 0 Å². The van der Waals surface area contributed by atoms with Crippen molar-refractivity contribution in [3.05, 3.63) is 29.6 Å². The molecule has 1 unspecified atom stereocenters. The highest BCUT2D eigenvalue weighted by Crippen LogP contribution is 2.23. The van der Waals surface area contributed by atoms with E-state index in [0.717, 1.165) is 38.2 Å². The zero-order valence-corrected chi connectivity index (χ0v) is 11.9. The molecule has 1 aromatic carbocycles. The number of carbonyl (C=O) groups excluding carboxylic acids is 1. The van der Waals surface area contributed by atoms with E-state index in [1.165, 1.54) is 18.6 Å². The van der Waals surface area contributed by atoms with Crippen molar-refractivity contribution >= 4 is 11.6 Å². The van der Waals surface area contributed by atoms with Gasteiger partial charge in [0, 0.05) is 24.8 Å². The summed E-state index contributed by atoms with van der Waals surface area (Å²) in [5.74, 6) is -1.02. The highest BCUT2D eigenvalue weighted by Gasteiger charge is 2.21. The number of nitrogens with one attached hydrogen (secondary N) is 1. The summed E-state index contributed by atoms with van der Waals surface area (Å²) >= 11 is 0. The first-order chi connectivity index (χ1) is 9.61. The summed E-state index contributed by atoms with van der Waals surface area (Å²) in [4.78, 5) is 13.7. The van der Waals surface area contributed by atoms with Gasteiger partial charge >= 0.3 is 0 Å². The Kier molecular flexibility index (Phi) is 4.95. The van der Waals surface area contributed by atoms with E-state index in [9.17, 15) is 9.18 Å². The molecule has 1 aliphatic rings. The van der Waals surface area contributed by atoms with Crippen LogP contribution in [0.1, 0.15) is 36.5 Å². The van der Waals surface area contributed by atoms with Crippen molar-refractivity contribution in [1.82, 2.24) is 5.32 Å². The van der Waals surface area contributed by atoms with Crippen LogP contribution >= 0.6 is 0 Å². The molecule has 20 heavy (non-hydrogen) atoms. The second-order valence-corrected chi connectivity index (χ2v) is 5.27. The molecule has 1 atom stereocenters. The summed E-state index contributed by atoms with van der Waals surface area (Å²) in [5, 5.41) is 3.44. The molecule has 1 fully saturated rings. The third kappa shape index (κ3) is 3.48. The average Bonchev–Trinajstić information content (AvgIpc) is 2.91. The molecule has 1 aliphatic heterocycles. The lowest BCUT2D eigenvalue weighted by atomic mass is 10.1. The van der Waals surface area contributed by atoms with Crippen molar-refractivity contribution in [3.8, 4) is 0 Å². The predicted octanol–water partition coefficient (Wildman–Crippen LogP) is 1.89. The van der Waals surface area contributed by atoms with Crippen LogP contribution in [0.3, 0.4) is 0 Å². The van der Waals surface area contributed by atoms with Crippen molar-refractivity contribution < 1.29 is 9.18 Å². The monoisotopic (exact) mass is 279 g/mol. The number of carbonyl (C=O) groups is 1. The normalized spacial score (nSPS) is 18.2. The molecule has 3 N–H and O–H groups in total. The van der Waals surface area contributed by atoms with E-state index in [1.807, 2.05) is 0 Å². The molecule has 1 heterocycles. The SMILES string of the molecule is CCCN(CC1CCCN1)c1ccc(F)cc1C(N)=O. The zero-order valence-electron chi connectivity index (χ0n) is 11.9. The van der Waals surface area contributed by atoms with Crippen LogP contribution in [0, 0.1) is 5.82 Å². The Morgan fingerprint density at radius 2 is 2.35 bits per heavy atom. The van der Waals surface area contributed by atoms with Crippen molar-refractivity contribution in [2.24, 2.45) is 5.73 Å². The Bertz CT molecular complexity index is 472. The van der Waals surface area contributed by atoms with Gasteiger partial charge in [-0.3, -0.25) is 4.79 Å². The number of amides is 1. The molecular formula is C15H22FN3O. The van der Waals surface area contributed by atoms with Crippen LogP contribution in [0.2, 0.25) is 0 Å². The van der Waals surface area contributed by atoms with Gasteiger partial charge in [0.15, 0.2) is 0 Å². The van der Waals surface area contributed by atoms with E-state index in [1.54, 1.807) is 6.07 Å². The molecule has 1 aromatic rings. The van der Waals surface area contributed by atoms with Gasteiger partial charge in [-0.2, -0.15) is 0 Å². The lowest BCUT2D eigenvalue weighted by Gasteiger charge is -2.29. The number of nitrogens with zero attached hydrogens (tertiary/aromatic N) is 1. The highest BCUT2D eigenvalue weighted by atomic mass is 19.1. The molecule has 5 heteroatoms. The fraction of sp³-hybridized carbons (Fsp3) is 0.533. The second kappa shape index (κ2) is 6.70. The third-order valence-electron chi connectivity index (χ3n) is 3.66. The lowest BCUT2D eigenvalue weighted by molar-refractivity contribution is 0.1000. The molecule has 4 nitrogen and oxygen atoms in total. The first kappa shape index (κ1) is 14.8. The van der Waals surface area contributed by atoms with Gasteiger partial charge in [-0.15, -0.1) is 0 Å². The standard InChI is InChI=1S/C15H22FN3O/c1-2-8-19(10-12-4-3-7-18-12)14-6-5-11(16)9-13(14)15(17)20/h5-6,9,12,18H,2-4,7-8,10H2,1H3,(H2,17,20). The van der Waals surface area contributed by atoms with Crippen LogP contribution < -0.4 is 16.0 Å². The molecule has 0 spiro atoms. The summed E-state index contributed by atoms with van der Waals surface area (Å²) in [6, 6.07) is 4.68. The topological polar surface area (TPSA) is 58.4 Å². The van der Waals surface area contributed by atoms with E-state index in [-0.39, 0.29) is 5.56 Å². The molecule has 1 saturated heterocycles. The van der Waals surface area contributed by atoms with Crippen LogP contribution in [-0.2, 0) is 0 Å². The van der Waals surface area contributed by atoms with Gasteiger partial charge in [-0.25, -0.2) is 4.39 Å². The molecule has 2 rings (SSSR count). The number of hydrogen-bond acceptors (Lipinski definition) is 3. The highest BCUT2D eigenvalue weighted by molar-refractivity contribution is 5.98. The number of rotatable bonds is 6. The van der Waals surface area contributed by atoms with Gasteiger partial charge in [0.25, 0.3) is 5.91 Å². The summed E-state index contributed by atoms with van der Waals surface area (Å²) in [5.41, 5.74) is 6.37. The summed E-state index contributed by atoms with van der Waals surface area (Å²) in [7, 11) is 0. The molecule has 0 radical (unpaired) electrons. The van der Waals surface area contributed by atoms with E-state index < -0.39 is 11.7 Å². The average molecular weight is 279 g/mol. The number of primary amides is 1. The van der Waals surface area contributed by atoms with Crippen LogP contribution in [0.15, 0.2) is 18.2 Å². The predicted molar refractivity (Wildman–Crippen MR) is 78.4 cm³/mol. The third-order valence-corrected chi connectivity index (χ3v) is 3.66. The van der Waals surface area contributed by atoms with E-state index >= 15 is 0 Å². The van der Waals surface area contributed by atoms with Crippen LogP contribution in [0.4, 0.5) is 10.1 Å². The molecule has 110 valence electrons. The number of benzene rings is 1. The smallest absolute Gasteiger partial charge is 0.250 e. The Morgan fingerprint density at radius 1 is 1.55 bits per heavy atom. The van der Waals surface area contributed by atoms with Crippen molar-refractivity contribution in [1.29, 1.82) is 0 Å². The van der Waals surface area contributed by atoms with Gasteiger partial charge < -0.3 is 16.0 Å². The summed E-state index contributed by atoms with van der Waals surface area (Å²) in [6.07, 6.45) is 3.27. The number of halogens is 1. The fourth-order valence-electron chi connectivity index (χ4n) is 2.74. The van der Waals surface area contributed by atoms with E-state index in [0.29, 0.717) is 6.04 Å². The fourth-order valence-corrected chi connectivity index (χ4v) is 2.74. The lowest BCUT2D eigenvalue weighted by Crippen LogP contribution is -2.39. The number of anilines is 1. The van der Waals surface area contributed by atoms with Crippen molar-refractivity contribution in [2.75, 3.05) is 24.5 Å². The second-order valence-electron chi connectivity index (χ2n) is 5.27. The van der Waals surface area contributed by atoms with Crippen molar-refractivity contribution in [3.63, 3.8) is 0 Å². The quantitative estimate of drug-likeness (QED) is 0.836. The van der Waals surface area contributed by atoms with Crippen molar-refractivity contribution in [2.45, 2.75) is 32.2 Å². The maximum atomic E-state index is 13.3. The number of nitrogens with two attached hydrogens (primary N) is 1. The van der Waals surface area contributed by atoms with E-state index in [4.69, 9.17) is 5.73 Å². The maximum Gasteiger partial charge on any atom is 0.250 e. The molecule has 0 bridgehead atoms. The minimum absolute atomic E-state index is 0.261. The van der Waals surface area contributed by atoms with E-state index in [2.05, 4.69) is 17.1 Å². The molecule has 0 saturated carbocycles. The summed E-state index contributed by atoms with van der Waals surface area (Å²) < 4.78 is 13.3. The van der Waals surface area contributed by atoms with Crippen LogP contribution in [-0.4, -0.2) is 31.6 Å². The Labute approximate surface area is 119 Å². The Morgan fingerprint density at radius 3 is 2.95 bits per heavy atom. The van der Waals surface area contributed by atoms with Gasteiger partial charge in [0.05, 0.1) is 5.56 Å². The Balaban J connectivity index is 2.25. The van der Waals surface area contributed by atoms with Gasteiger partial charge in [0.2, 0.25) is 0 Å². The maximum absolute atomic E-state index is 13.3. The minimum atomic E-state index is -0.583. The molecular weight excluding hydrogens is 257 g/mol.